The maximum absolute atomic E-state index is 12.7. The monoisotopic (exact) mass is 771 g/mol. The normalized spacial score (nSPS) is 14.0. The number of rotatable bonds is 38. The first-order valence-corrected chi connectivity index (χ1v) is 22.7. The topological polar surface area (TPSA) is 108 Å². The Labute approximate surface area is 325 Å². The molecule has 10 heteroatoms. The van der Waals surface area contributed by atoms with Gasteiger partial charge < -0.3 is 18.9 Å². The number of hydrogen-bond donors (Lipinski definition) is 1. The molecule has 0 aromatic rings. The van der Waals surface area contributed by atoms with Crippen LogP contribution in [0.1, 0.15) is 174 Å². The molecular weight excluding hydrogens is 689 g/mol. The number of unbranched alkanes of at least 4 members (excludes halogenated alkanes) is 18. The lowest BCUT2D eigenvalue weighted by atomic mass is 10.1. The average Bonchev–Trinajstić information content (AvgIpc) is 3.10. The minimum absolute atomic E-state index is 0.0275. The van der Waals surface area contributed by atoms with Crippen molar-refractivity contribution in [2.24, 2.45) is 0 Å². The second kappa shape index (κ2) is 35.9. The molecule has 1 unspecified atom stereocenters. The number of nitrogens with zero attached hydrogens (tertiary/aromatic N) is 1. The second-order valence-electron chi connectivity index (χ2n) is 15.4. The van der Waals surface area contributed by atoms with E-state index < -0.39 is 26.5 Å². The number of quaternary nitrogens is 1. The number of phosphoric acid groups is 1. The van der Waals surface area contributed by atoms with E-state index in [0.717, 1.165) is 77.0 Å². The van der Waals surface area contributed by atoms with Crippen LogP contribution in [-0.4, -0.2) is 74.9 Å². The minimum Gasteiger partial charge on any atom is -0.462 e. The molecule has 9 nitrogen and oxygen atoms in total. The van der Waals surface area contributed by atoms with E-state index >= 15 is 0 Å². The molecule has 310 valence electrons. The Balaban J connectivity index is 4.42. The van der Waals surface area contributed by atoms with Crippen molar-refractivity contribution >= 4 is 19.8 Å². The number of carbonyl (C=O) groups is 2. The van der Waals surface area contributed by atoms with E-state index in [1.165, 1.54) is 64.2 Å². The molecule has 2 atom stereocenters. The van der Waals surface area contributed by atoms with Gasteiger partial charge in [-0.25, -0.2) is 4.57 Å². The van der Waals surface area contributed by atoms with Crippen LogP contribution in [0.5, 0.6) is 0 Å². The molecule has 0 aliphatic carbocycles. The molecule has 0 aromatic heterocycles. The van der Waals surface area contributed by atoms with E-state index in [-0.39, 0.29) is 32.0 Å². The largest absolute Gasteiger partial charge is 0.472 e. The Morgan fingerprint density at radius 3 is 1.57 bits per heavy atom. The summed E-state index contributed by atoms with van der Waals surface area (Å²) in [5, 5.41) is 0. The fourth-order valence-corrected chi connectivity index (χ4v) is 6.24. The van der Waals surface area contributed by atoms with E-state index in [1.807, 2.05) is 21.1 Å². The van der Waals surface area contributed by atoms with Crippen LogP contribution in [-0.2, 0) is 32.7 Å². The fraction of sp³-hybridized carbons (Fsp3) is 0.814. The van der Waals surface area contributed by atoms with Crippen LogP contribution in [0.15, 0.2) is 36.5 Å². The summed E-state index contributed by atoms with van der Waals surface area (Å²) in [7, 11) is 1.46. The van der Waals surface area contributed by atoms with Gasteiger partial charge in [-0.15, -0.1) is 0 Å². The first-order valence-electron chi connectivity index (χ1n) is 21.2. The van der Waals surface area contributed by atoms with Gasteiger partial charge in [-0.2, -0.15) is 0 Å². The molecular formula is C43H81NO8P+. The molecule has 0 aliphatic rings. The lowest BCUT2D eigenvalue weighted by Crippen LogP contribution is -2.37. The Bertz CT molecular complexity index is 1010. The third kappa shape index (κ3) is 39.7. The number of phosphoric ester groups is 1. The lowest BCUT2D eigenvalue weighted by Gasteiger charge is -2.24. The molecule has 0 bridgehead atoms. The number of carbonyl (C=O) groups excluding carboxylic acids is 2. The number of ether oxygens (including phenoxy) is 2. The van der Waals surface area contributed by atoms with Gasteiger partial charge in [0, 0.05) is 12.8 Å². The van der Waals surface area contributed by atoms with E-state index in [1.54, 1.807) is 0 Å². The second-order valence-corrected chi connectivity index (χ2v) is 16.8. The van der Waals surface area contributed by atoms with Gasteiger partial charge >= 0.3 is 19.8 Å². The predicted octanol–water partition coefficient (Wildman–Crippen LogP) is 11.7. The number of likely N-dealkylation sites (N-methyl/N-ethyl adjacent to an activating group) is 1. The number of esters is 2. The molecule has 0 radical (unpaired) electrons. The Morgan fingerprint density at radius 2 is 1.04 bits per heavy atom. The number of hydrogen-bond acceptors (Lipinski definition) is 7. The van der Waals surface area contributed by atoms with Crippen LogP contribution in [0.4, 0.5) is 0 Å². The summed E-state index contributed by atoms with van der Waals surface area (Å²) in [5.74, 6) is -0.825. The molecule has 0 fully saturated rings. The van der Waals surface area contributed by atoms with Crippen molar-refractivity contribution in [2.45, 2.75) is 180 Å². The van der Waals surface area contributed by atoms with Crippen molar-refractivity contribution in [3.05, 3.63) is 36.5 Å². The summed E-state index contributed by atoms with van der Waals surface area (Å²) in [6.07, 6.45) is 39.0. The molecule has 0 rings (SSSR count). The van der Waals surface area contributed by atoms with Gasteiger partial charge in [0.25, 0.3) is 0 Å². The van der Waals surface area contributed by atoms with Crippen LogP contribution in [0.2, 0.25) is 0 Å². The van der Waals surface area contributed by atoms with Gasteiger partial charge in [-0.1, -0.05) is 134 Å². The van der Waals surface area contributed by atoms with Gasteiger partial charge in [-0.05, 0) is 64.2 Å². The smallest absolute Gasteiger partial charge is 0.462 e. The van der Waals surface area contributed by atoms with Crippen LogP contribution in [0.3, 0.4) is 0 Å². The van der Waals surface area contributed by atoms with Gasteiger partial charge in [0.1, 0.15) is 19.8 Å². The van der Waals surface area contributed by atoms with Crippen molar-refractivity contribution in [1.82, 2.24) is 0 Å². The minimum atomic E-state index is -4.38. The highest BCUT2D eigenvalue weighted by Crippen LogP contribution is 2.43. The first-order chi connectivity index (χ1) is 25.5. The molecule has 0 amide bonds. The Kier molecular flexibility index (Phi) is 34.7. The van der Waals surface area contributed by atoms with Crippen molar-refractivity contribution in [3.8, 4) is 0 Å². The lowest BCUT2D eigenvalue weighted by molar-refractivity contribution is -0.870. The molecule has 53 heavy (non-hydrogen) atoms. The van der Waals surface area contributed by atoms with Crippen LogP contribution in [0, 0.1) is 0 Å². The molecule has 0 spiro atoms. The van der Waals surface area contributed by atoms with E-state index in [0.29, 0.717) is 17.4 Å². The molecule has 0 saturated heterocycles. The van der Waals surface area contributed by atoms with Gasteiger partial charge in [-0.3, -0.25) is 18.6 Å². The summed E-state index contributed by atoms with van der Waals surface area (Å²) < 4.78 is 34.2. The van der Waals surface area contributed by atoms with Crippen molar-refractivity contribution in [1.29, 1.82) is 0 Å². The van der Waals surface area contributed by atoms with Crippen molar-refractivity contribution in [2.75, 3.05) is 47.5 Å². The molecule has 0 saturated carbocycles. The van der Waals surface area contributed by atoms with Crippen LogP contribution < -0.4 is 0 Å². The zero-order valence-electron chi connectivity index (χ0n) is 34.7. The van der Waals surface area contributed by atoms with Crippen LogP contribution >= 0.6 is 7.82 Å². The maximum atomic E-state index is 12.7. The highest BCUT2D eigenvalue weighted by Gasteiger charge is 2.27. The first kappa shape index (κ1) is 51.2. The predicted molar refractivity (Wildman–Crippen MR) is 220 cm³/mol. The number of allylic oxidation sites excluding steroid dienone is 6. The van der Waals surface area contributed by atoms with Gasteiger partial charge in [0.05, 0.1) is 27.7 Å². The zero-order valence-corrected chi connectivity index (χ0v) is 35.6. The van der Waals surface area contributed by atoms with E-state index in [2.05, 4.69) is 50.3 Å². The highest BCUT2D eigenvalue weighted by molar-refractivity contribution is 7.47. The van der Waals surface area contributed by atoms with E-state index in [4.69, 9.17) is 18.5 Å². The summed E-state index contributed by atoms with van der Waals surface area (Å²) in [4.78, 5) is 35.3. The molecule has 0 aromatic carbocycles. The third-order valence-electron chi connectivity index (χ3n) is 8.89. The molecule has 0 aliphatic heterocycles. The standard InChI is InChI=1S/C43H80NO8P/c1-6-8-10-12-14-16-18-20-22-24-26-28-30-32-34-36-43(46)52-41(40-51-53(47,48)50-38-37-44(3,4)5)39-49-42(45)35-33-31-29-27-25-23-21-19-17-15-13-11-9-7-2/h13,15,19-22,41H,6-12,14,16-18,23-40H2,1-5H3/p+1/b15-13+,21-19+,22-20+/t41-/m1/s1. The molecule has 0 heterocycles. The fourth-order valence-electron chi connectivity index (χ4n) is 5.49. The average molecular weight is 771 g/mol. The van der Waals surface area contributed by atoms with Gasteiger partial charge in [0.15, 0.2) is 6.10 Å². The van der Waals surface area contributed by atoms with Crippen molar-refractivity contribution in [3.63, 3.8) is 0 Å². The maximum Gasteiger partial charge on any atom is 0.472 e. The van der Waals surface area contributed by atoms with Crippen molar-refractivity contribution < 1.29 is 42.1 Å². The van der Waals surface area contributed by atoms with Gasteiger partial charge in [0.2, 0.25) is 0 Å². The zero-order chi connectivity index (χ0) is 39.3. The summed E-state index contributed by atoms with van der Waals surface area (Å²) in [6, 6.07) is 0. The quantitative estimate of drug-likeness (QED) is 0.0217. The van der Waals surface area contributed by atoms with Crippen LogP contribution in [0.25, 0.3) is 0 Å². The summed E-state index contributed by atoms with van der Waals surface area (Å²) in [5.41, 5.74) is 0. The Hall–Kier alpha value is -1.77. The summed E-state index contributed by atoms with van der Waals surface area (Å²) in [6.45, 7) is 4.34. The molecule has 1 N–H and O–H groups in total. The Morgan fingerprint density at radius 1 is 0.585 bits per heavy atom. The third-order valence-corrected chi connectivity index (χ3v) is 9.88. The highest BCUT2D eigenvalue weighted by atomic mass is 31.2. The summed E-state index contributed by atoms with van der Waals surface area (Å²) >= 11 is 0. The van der Waals surface area contributed by atoms with E-state index in [9.17, 15) is 19.0 Å². The SMILES string of the molecule is CCCC/C=C/C/C=C/CCCCCCCC(=O)OC[C@H](COP(=O)(O)OCC[N+](C)(C)C)OC(=O)CCCCCCC/C=C/CCCCCCCC.